The highest BCUT2D eigenvalue weighted by Gasteiger charge is 2.16. The molecule has 0 amide bonds. The van der Waals surface area contributed by atoms with E-state index < -0.39 is 0 Å². The van der Waals surface area contributed by atoms with Crippen molar-refractivity contribution in [1.29, 1.82) is 0 Å². The Morgan fingerprint density at radius 3 is 2.95 bits per heavy atom. The smallest absolute Gasteiger partial charge is 0.124 e. The van der Waals surface area contributed by atoms with Crippen LogP contribution in [0.3, 0.4) is 0 Å². The minimum atomic E-state index is 0. The van der Waals surface area contributed by atoms with Gasteiger partial charge < -0.3 is 10.1 Å². The Hall–Kier alpha value is -1.03. The maximum absolute atomic E-state index is 6.03. The Labute approximate surface area is 125 Å². The molecule has 1 aliphatic rings. The van der Waals surface area contributed by atoms with E-state index in [1.54, 1.807) is 0 Å². The average molecular weight is 301 g/mol. The predicted molar refractivity (Wildman–Crippen MR) is 82.7 cm³/mol. The molecule has 3 nitrogen and oxygen atoms in total. The average Bonchev–Trinajstić information content (AvgIpc) is 2.57. The normalized spacial score (nSPS) is 17.4. The first kappa shape index (κ1) is 16.0. The van der Waals surface area contributed by atoms with Crippen molar-refractivity contribution in [3.63, 3.8) is 0 Å². The van der Waals surface area contributed by atoms with Gasteiger partial charge in [-0.1, -0.05) is 6.92 Å². The summed E-state index contributed by atoms with van der Waals surface area (Å²) in [4.78, 5) is 4.16. The van der Waals surface area contributed by atoms with Gasteiger partial charge in [0.25, 0.3) is 0 Å². The number of pyridine rings is 1. The van der Waals surface area contributed by atoms with Gasteiger partial charge in [0.05, 0.1) is 0 Å². The predicted octanol–water partition coefficient (Wildman–Crippen LogP) is 3.34. The van der Waals surface area contributed by atoms with Crippen LogP contribution in [0.15, 0.2) is 30.6 Å². The molecule has 104 valence electrons. The number of benzene rings is 1. The molecule has 0 saturated heterocycles. The number of hydrogen-bond acceptors (Lipinski definition) is 3. The zero-order valence-corrected chi connectivity index (χ0v) is 12.4. The zero-order valence-electron chi connectivity index (χ0n) is 10.8. The minimum absolute atomic E-state index is 0. The molecule has 0 radical (unpaired) electrons. The summed E-state index contributed by atoms with van der Waals surface area (Å²) in [6.07, 6.45) is 5.02. The van der Waals surface area contributed by atoms with Gasteiger partial charge in [-0.15, -0.1) is 24.8 Å². The van der Waals surface area contributed by atoms with Crippen LogP contribution >= 0.6 is 24.8 Å². The Morgan fingerprint density at radius 1 is 1.32 bits per heavy atom. The number of nitrogens with one attached hydrogen (secondary N) is 1. The molecule has 1 aromatic heterocycles. The fraction of sp³-hybridized carbons (Fsp3) is 0.357. The number of nitrogens with zero attached hydrogens (tertiary/aromatic N) is 1. The molecule has 2 heterocycles. The molecule has 1 atom stereocenters. The van der Waals surface area contributed by atoms with Crippen LogP contribution < -0.4 is 10.1 Å². The van der Waals surface area contributed by atoms with Crippen molar-refractivity contribution < 1.29 is 4.74 Å². The summed E-state index contributed by atoms with van der Waals surface area (Å²) in [5.41, 5.74) is 1.22. The molecule has 19 heavy (non-hydrogen) atoms. The van der Waals surface area contributed by atoms with E-state index in [2.05, 4.69) is 29.4 Å². The van der Waals surface area contributed by atoms with E-state index in [4.69, 9.17) is 4.74 Å². The van der Waals surface area contributed by atoms with E-state index in [0.717, 1.165) is 25.3 Å². The summed E-state index contributed by atoms with van der Waals surface area (Å²) >= 11 is 0. The van der Waals surface area contributed by atoms with Crippen LogP contribution in [0, 0.1) is 0 Å². The van der Waals surface area contributed by atoms with Gasteiger partial charge in [-0.05, 0) is 30.0 Å². The van der Waals surface area contributed by atoms with Crippen LogP contribution in [0.4, 0.5) is 0 Å². The second-order valence-corrected chi connectivity index (χ2v) is 4.46. The van der Waals surface area contributed by atoms with Crippen molar-refractivity contribution in [1.82, 2.24) is 10.3 Å². The first-order valence-corrected chi connectivity index (χ1v) is 6.11. The van der Waals surface area contributed by atoms with Crippen LogP contribution in [0.5, 0.6) is 5.75 Å². The molecule has 3 rings (SSSR count). The number of fused-ring (bicyclic) bond motifs is 2. The van der Waals surface area contributed by atoms with Gasteiger partial charge in [0.1, 0.15) is 11.9 Å². The van der Waals surface area contributed by atoms with Crippen molar-refractivity contribution >= 4 is 35.6 Å². The number of halogens is 2. The summed E-state index contributed by atoms with van der Waals surface area (Å²) in [6, 6.07) is 6.32. The number of aromatic nitrogens is 1. The van der Waals surface area contributed by atoms with Crippen LogP contribution in [0.1, 0.15) is 18.9 Å². The molecule has 0 bridgehead atoms. The van der Waals surface area contributed by atoms with Gasteiger partial charge in [-0.2, -0.15) is 0 Å². The van der Waals surface area contributed by atoms with Crippen LogP contribution in [-0.2, 0) is 6.54 Å². The van der Waals surface area contributed by atoms with Crippen molar-refractivity contribution in [2.45, 2.75) is 26.0 Å². The lowest BCUT2D eigenvalue weighted by atomic mass is 10.1. The summed E-state index contributed by atoms with van der Waals surface area (Å²) in [5, 5.41) is 5.79. The van der Waals surface area contributed by atoms with E-state index in [9.17, 15) is 0 Å². The quantitative estimate of drug-likeness (QED) is 0.877. The summed E-state index contributed by atoms with van der Waals surface area (Å²) < 4.78 is 6.03. The molecule has 0 saturated carbocycles. The highest BCUT2D eigenvalue weighted by atomic mass is 35.5. The highest BCUT2D eigenvalue weighted by molar-refractivity contribution is 5.85. The van der Waals surface area contributed by atoms with E-state index in [0.29, 0.717) is 0 Å². The lowest BCUT2D eigenvalue weighted by molar-refractivity contribution is 0.202. The van der Waals surface area contributed by atoms with Crippen molar-refractivity contribution in [2.24, 2.45) is 0 Å². The number of hydrogen-bond donors (Lipinski definition) is 1. The number of rotatable bonds is 1. The Morgan fingerprint density at radius 2 is 2.16 bits per heavy atom. The Balaban J connectivity index is 0.000000902. The molecule has 0 aliphatic carbocycles. The van der Waals surface area contributed by atoms with Crippen LogP contribution in [0.2, 0.25) is 0 Å². The first-order chi connectivity index (χ1) is 8.36. The summed E-state index contributed by atoms with van der Waals surface area (Å²) in [7, 11) is 0. The zero-order chi connectivity index (χ0) is 11.7. The molecular weight excluding hydrogens is 283 g/mol. The lowest BCUT2D eigenvalue weighted by Crippen LogP contribution is -2.27. The standard InChI is InChI=1S/C14H16N2O.2ClH/c1-2-13-9-16-8-12-5-11-7-15-4-3-10(11)6-14(12)17-13;;/h3-7,13,16H,2,8-9H2,1H3;2*1H/t13-;;/m1../s1. The fourth-order valence-corrected chi connectivity index (χ4v) is 2.23. The third-order valence-electron chi connectivity index (χ3n) is 3.26. The molecule has 1 N–H and O–H groups in total. The monoisotopic (exact) mass is 300 g/mol. The van der Waals surface area contributed by atoms with Crippen molar-refractivity contribution in [3.05, 3.63) is 36.2 Å². The van der Waals surface area contributed by atoms with E-state index in [1.807, 2.05) is 18.5 Å². The van der Waals surface area contributed by atoms with Gasteiger partial charge in [0, 0.05) is 36.4 Å². The van der Waals surface area contributed by atoms with Crippen LogP contribution in [0.25, 0.3) is 10.8 Å². The van der Waals surface area contributed by atoms with E-state index in [-0.39, 0.29) is 30.9 Å². The maximum Gasteiger partial charge on any atom is 0.124 e. The molecule has 0 spiro atoms. The first-order valence-electron chi connectivity index (χ1n) is 6.11. The van der Waals surface area contributed by atoms with E-state index >= 15 is 0 Å². The van der Waals surface area contributed by atoms with Gasteiger partial charge in [0.15, 0.2) is 0 Å². The molecule has 0 fully saturated rings. The Kier molecular flexibility index (Phi) is 5.85. The topological polar surface area (TPSA) is 34.2 Å². The number of ether oxygens (including phenoxy) is 1. The second kappa shape index (κ2) is 6.94. The largest absolute Gasteiger partial charge is 0.489 e. The molecular formula is C14H18Cl2N2O. The fourth-order valence-electron chi connectivity index (χ4n) is 2.23. The summed E-state index contributed by atoms with van der Waals surface area (Å²) in [6.45, 7) is 3.94. The molecule has 1 aliphatic heterocycles. The highest BCUT2D eigenvalue weighted by Crippen LogP contribution is 2.28. The Bertz CT molecular complexity index is 548. The van der Waals surface area contributed by atoms with Gasteiger partial charge in [-0.3, -0.25) is 4.98 Å². The lowest BCUT2D eigenvalue weighted by Gasteiger charge is -2.15. The molecule has 2 aromatic rings. The summed E-state index contributed by atoms with van der Waals surface area (Å²) in [5.74, 6) is 1.01. The molecule has 5 heteroatoms. The minimum Gasteiger partial charge on any atom is -0.489 e. The van der Waals surface area contributed by atoms with Gasteiger partial charge in [-0.25, -0.2) is 0 Å². The van der Waals surface area contributed by atoms with Crippen molar-refractivity contribution in [3.8, 4) is 5.75 Å². The third kappa shape index (κ3) is 3.30. The van der Waals surface area contributed by atoms with Crippen molar-refractivity contribution in [2.75, 3.05) is 6.54 Å². The van der Waals surface area contributed by atoms with Crippen LogP contribution in [-0.4, -0.2) is 17.6 Å². The third-order valence-corrected chi connectivity index (χ3v) is 3.26. The van der Waals surface area contributed by atoms with Gasteiger partial charge >= 0.3 is 0 Å². The molecule has 1 aromatic carbocycles. The SMILES string of the molecule is CC[C@@H]1CNCc2cc3cnccc3cc2O1.Cl.Cl. The second-order valence-electron chi connectivity index (χ2n) is 4.46. The molecule has 0 unspecified atom stereocenters. The van der Waals surface area contributed by atoms with E-state index in [1.165, 1.54) is 16.3 Å². The van der Waals surface area contributed by atoms with Gasteiger partial charge in [0.2, 0.25) is 0 Å². The maximum atomic E-state index is 6.03.